The number of aromatic nitrogens is 3. The number of benzene rings is 3. The molecule has 1 saturated heterocycles. The topological polar surface area (TPSA) is 100 Å². The molecule has 3 aromatic carbocycles. The number of nitrogens with one attached hydrogen (secondary N) is 2. The number of amides is 1. The summed E-state index contributed by atoms with van der Waals surface area (Å²) in [7, 11) is 0. The summed E-state index contributed by atoms with van der Waals surface area (Å²) in [5, 5.41) is 9.93. The van der Waals surface area contributed by atoms with Crippen molar-refractivity contribution >= 4 is 27.7 Å². The van der Waals surface area contributed by atoms with Crippen LogP contribution in [0.15, 0.2) is 66.7 Å². The molecule has 5 aromatic rings. The second kappa shape index (κ2) is 8.44. The molecule has 1 aliphatic rings. The van der Waals surface area contributed by atoms with Crippen LogP contribution in [0.3, 0.4) is 0 Å². The van der Waals surface area contributed by atoms with Gasteiger partial charge >= 0.3 is 0 Å². The molecule has 0 atom stereocenters. The van der Waals surface area contributed by atoms with Crippen molar-refractivity contribution in [3.8, 4) is 22.5 Å². The van der Waals surface area contributed by atoms with Gasteiger partial charge in [-0.15, -0.1) is 0 Å². The summed E-state index contributed by atoms with van der Waals surface area (Å²) < 4.78 is 5.46. The number of carbonyl (C=O) groups is 1. The van der Waals surface area contributed by atoms with Crippen molar-refractivity contribution in [3.05, 3.63) is 77.9 Å². The Morgan fingerprint density at radius 2 is 1.79 bits per heavy atom. The Morgan fingerprint density at radius 1 is 0.971 bits per heavy atom. The Balaban J connectivity index is 1.35. The third-order valence-corrected chi connectivity index (χ3v) is 6.49. The second-order valence-electron chi connectivity index (χ2n) is 8.77. The zero-order valence-electron chi connectivity index (χ0n) is 18.7. The van der Waals surface area contributed by atoms with Crippen LogP contribution in [0, 0.1) is 0 Å². The van der Waals surface area contributed by atoms with E-state index in [0.717, 1.165) is 71.8 Å². The van der Waals surface area contributed by atoms with E-state index in [4.69, 9.17) is 10.5 Å². The Morgan fingerprint density at radius 3 is 2.65 bits per heavy atom. The summed E-state index contributed by atoms with van der Waals surface area (Å²) >= 11 is 0. The number of fused-ring (bicyclic) bond motifs is 2. The van der Waals surface area contributed by atoms with E-state index in [1.54, 1.807) is 6.07 Å². The lowest BCUT2D eigenvalue weighted by molar-refractivity contribution is 0.0342. The number of ether oxygens (including phenoxy) is 1. The minimum atomic E-state index is -0.432. The summed E-state index contributed by atoms with van der Waals surface area (Å²) in [6.45, 7) is 4.48. The minimum absolute atomic E-state index is 0.432. The van der Waals surface area contributed by atoms with Crippen LogP contribution < -0.4 is 5.73 Å². The van der Waals surface area contributed by atoms with Crippen molar-refractivity contribution in [2.45, 2.75) is 6.54 Å². The first-order valence-electron chi connectivity index (χ1n) is 11.4. The highest BCUT2D eigenvalue weighted by Gasteiger charge is 2.14. The van der Waals surface area contributed by atoms with Crippen molar-refractivity contribution in [1.29, 1.82) is 0 Å². The number of carbonyl (C=O) groups excluding carboxylic acids is 1. The van der Waals surface area contributed by atoms with E-state index in [1.165, 1.54) is 10.9 Å². The Labute approximate surface area is 196 Å². The third-order valence-electron chi connectivity index (χ3n) is 6.49. The lowest BCUT2D eigenvalue weighted by atomic mass is 10.0. The van der Waals surface area contributed by atoms with Gasteiger partial charge in [0.25, 0.3) is 0 Å². The van der Waals surface area contributed by atoms with Crippen molar-refractivity contribution in [1.82, 2.24) is 20.1 Å². The number of nitrogens with zero attached hydrogens (tertiary/aromatic N) is 2. The van der Waals surface area contributed by atoms with Gasteiger partial charge < -0.3 is 15.5 Å². The molecular weight excluding hydrogens is 426 g/mol. The normalized spacial score (nSPS) is 14.7. The van der Waals surface area contributed by atoms with Gasteiger partial charge in [0.2, 0.25) is 5.91 Å². The van der Waals surface area contributed by atoms with Gasteiger partial charge in [0.15, 0.2) is 0 Å². The zero-order chi connectivity index (χ0) is 23.1. The number of hydrogen-bond acceptors (Lipinski definition) is 4. The second-order valence-corrected chi connectivity index (χ2v) is 8.77. The van der Waals surface area contributed by atoms with Gasteiger partial charge in [-0.1, -0.05) is 24.3 Å². The van der Waals surface area contributed by atoms with E-state index in [9.17, 15) is 4.79 Å². The molecule has 34 heavy (non-hydrogen) atoms. The molecule has 0 aliphatic carbocycles. The number of hydrogen-bond donors (Lipinski definition) is 3. The van der Waals surface area contributed by atoms with Crippen molar-refractivity contribution in [2.24, 2.45) is 5.73 Å². The summed E-state index contributed by atoms with van der Waals surface area (Å²) in [6, 6.07) is 22.3. The molecule has 0 radical (unpaired) electrons. The molecule has 3 heterocycles. The first kappa shape index (κ1) is 20.7. The molecule has 7 nitrogen and oxygen atoms in total. The van der Waals surface area contributed by atoms with Crippen LogP contribution in [0.5, 0.6) is 0 Å². The smallest absolute Gasteiger partial charge is 0.248 e. The summed E-state index contributed by atoms with van der Waals surface area (Å²) in [6.07, 6.45) is 0. The van der Waals surface area contributed by atoms with Crippen LogP contribution in [-0.4, -0.2) is 52.3 Å². The first-order chi connectivity index (χ1) is 16.6. The molecule has 0 spiro atoms. The van der Waals surface area contributed by atoms with Gasteiger partial charge in [-0.2, -0.15) is 5.10 Å². The average Bonchev–Trinajstić information content (AvgIpc) is 3.48. The summed E-state index contributed by atoms with van der Waals surface area (Å²) in [4.78, 5) is 17.6. The quantitative estimate of drug-likeness (QED) is 0.371. The van der Waals surface area contributed by atoms with Crippen LogP contribution in [0.25, 0.3) is 44.3 Å². The number of nitrogens with two attached hydrogens (primary N) is 1. The standard InChI is InChI=1S/C27H25N5O2/c28-27(33)20-3-1-2-18(13-20)19-5-7-24-22(14-19)26(31-30-24)25-15-21-12-17(4-6-23(21)29-25)16-32-8-10-34-11-9-32/h1-7,12-15,29H,8-11,16H2,(H2,28,33)(H,30,31). The summed E-state index contributed by atoms with van der Waals surface area (Å²) in [5.41, 5.74) is 13.1. The van der Waals surface area contributed by atoms with E-state index in [0.29, 0.717) is 5.56 Å². The Bertz CT molecular complexity index is 1510. The molecule has 0 saturated carbocycles. The van der Waals surface area contributed by atoms with E-state index >= 15 is 0 Å². The number of morpholine rings is 1. The fourth-order valence-electron chi connectivity index (χ4n) is 4.68. The van der Waals surface area contributed by atoms with Gasteiger partial charge in [-0.05, 0) is 59.2 Å². The predicted molar refractivity (Wildman–Crippen MR) is 133 cm³/mol. The molecule has 1 fully saturated rings. The predicted octanol–water partition coefficient (Wildman–Crippen LogP) is 4.31. The van der Waals surface area contributed by atoms with Crippen LogP contribution >= 0.6 is 0 Å². The van der Waals surface area contributed by atoms with Gasteiger partial charge in [0, 0.05) is 41.5 Å². The third kappa shape index (κ3) is 3.85. The largest absolute Gasteiger partial charge is 0.379 e. The summed E-state index contributed by atoms with van der Waals surface area (Å²) in [5.74, 6) is -0.432. The molecule has 0 bridgehead atoms. The molecule has 6 rings (SSSR count). The van der Waals surface area contributed by atoms with Crippen molar-refractivity contribution < 1.29 is 9.53 Å². The van der Waals surface area contributed by atoms with Crippen molar-refractivity contribution in [2.75, 3.05) is 26.3 Å². The number of primary amides is 1. The lowest BCUT2D eigenvalue weighted by Crippen LogP contribution is -2.35. The van der Waals surface area contributed by atoms with Crippen molar-refractivity contribution in [3.63, 3.8) is 0 Å². The highest BCUT2D eigenvalue weighted by Crippen LogP contribution is 2.32. The molecular formula is C27H25N5O2. The maximum Gasteiger partial charge on any atom is 0.248 e. The highest BCUT2D eigenvalue weighted by atomic mass is 16.5. The van der Waals surface area contributed by atoms with E-state index in [1.807, 2.05) is 30.3 Å². The Hall–Kier alpha value is -3.94. The van der Waals surface area contributed by atoms with Crippen LogP contribution in [0.1, 0.15) is 15.9 Å². The maximum atomic E-state index is 11.6. The number of H-pyrrole nitrogens is 2. The molecule has 7 heteroatoms. The number of rotatable bonds is 5. The first-order valence-corrected chi connectivity index (χ1v) is 11.4. The fourth-order valence-corrected chi connectivity index (χ4v) is 4.68. The van der Waals surface area contributed by atoms with Crippen LogP contribution in [-0.2, 0) is 11.3 Å². The maximum absolute atomic E-state index is 11.6. The van der Waals surface area contributed by atoms with E-state index in [2.05, 4.69) is 50.4 Å². The average molecular weight is 452 g/mol. The van der Waals surface area contributed by atoms with Gasteiger partial charge in [0.05, 0.1) is 24.4 Å². The highest BCUT2D eigenvalue weighted by molar-refractivity contribution is 5.98. The van der Waals surface area contributed by atoms with Crippen LogP contribution in [0.4, 0.5) is 0 Å². The molecule has 0 unspecified atom stereocenters. The van der Waals surface area contributed by atoms with E-state index in [-0.39, 0.29) is 0 Å². The van der Waals surface area contributed by atoms with E-state index < -0.39 is 5.91 Å². The lowest BCUT2D eigenvalue weighted by Gasteiger charge is -2.26. The molecule has 170 valence electrons. The SMILES string of the molecule is NC(=O)c1cccc(-c2ccc3[nH]nc(-c4cc5cc(CN6CCOCC6)ccc5[nH]4)c3c2)c1. The van der Waals surface area contributed by atoms with Crippen LogP contribution in [0.2, 0.25) is 0 Å². The molecule has 1 aliphatic heterocycles. The molecule has 1 amide bonds. The Kier molecular flexibility index (Phi) is 5.13. The minimum Gasteiger partial charge on any atom is -0.379 e. The fraction of sp³-hybridized carbons (Fsp3) is 0.185. The number of aromatic amines is 2. The molecule has 4 N–H and O–H groups in total. The zero-order valence-corrected chi connectivity index (χ0v) is 18.7. The van der Waals surface area contributed by atoms with Gasteiger partial charge in [-0.25, -0.2) is 0 Å². The monoisotopic (exact) mass is 451 g/mol. The van der Waals surface area contributed by atoms with Gasteiger partial charge in [0.1, 0.15) is 5.69 Å². The van der Waals surface area contributed by atoms with Gasteiger partial charge in [-0.3, -0.25) is 14.8 Å². The molecule has 2 aromatic heterocycles.